The monoisotopic (exact) mass is 418 g/mol. The maximum Gasteiger partial charge on any atom is 0.363 e. The van der Waals surface area contributed by atoms with Gasteiger partial charge in [-0.3, -0.25) is 10.1 Å². The van der Waals surface area contributed by atoms with Crippen LogP contribution in [0.1, 0.15) is 16.7 Å². The minimum absolute atomic E-state index is 0.0230. The number of esters is 1. The normalized spacial score (nSPS) is 14.3. The highest BCUT2D eigenvalue weighted by molar-refractivity contribution is 6.12. The van der Waals surface area contributed by atoms with Crippen LogP contribution in [0.5, 0.6) is 5.75 Å². The van der Waals surface area contributed by atoms with E-state index in [1.807, 2.05) is 0 Å². The molecule has 154 valence electrons. The molecule has 7 nitrogen and oxygen atoms in total. The van der Waals surface area contributed by atoms with Gasteiger partial charge in [0.15, 0.2) is 5.70 Å². The van der Waals surface area contributed by atoms with Crippen molar-refractivity contribution in [2.45, 2.75) is 6.61 Å². The summed E-state index contributed by atoms with van der Waals surface area (Å²) in [6, 6.07) is 18.7. The number of nitrogens with zero attached hydrogens (tertiary/aromatic N) is 2. The standard InChI is InChI=1S/C23H15FN2O5/c24-18-3-1-2-17(13-18)22-25-21(23(27)31-22)12-15-6-10-20(11-7-15)30-14-16-4-8-19(9-5-16)26(28)29/h1-13H,14H2/b21-12-. The lowest BCUT2D eigenvalue weighted by Crippen LogP contribution is -2.05. The molecule has 0 aromatic heterocycles. The molecule has 0 saturated carbocycles. The van der Waals surface area contributed by atoms with Crippen molar-refractivity contribution in [3.63, 3.8) is 0 Å². The van der Waals surface area contributed by atoms with E-state index in [4.69, 9.17) is 9.47 Å². The fraction of sp³-hybridized carbons (Fsp3) is 0.0435. The zero-order valence-electron chi connectivity index (χ0n) is 16.0. The van der Waals surface area contributed by atoms with E-state index in [2.05, 4.69) is 4.99 Å². The molecule has 1 aliphatic rings. The first kappa shape index (κ1) is 20.0. The molecule has 0 amide bonds. The van der Waals surface area contributed by atoms with Crippen molar-refractivity contribution >= 4 is 23.6 Å². The number of benzene rings is 3. The van der Waals surface area contributed by atoms with Gasteiger partial charge in [0, 0.05) is 17.7 Å². The van der Waals surface area contributed by atoms with Crippen LogP contribution in [0.3, 0.4) is 0 Å². The van der Waals surface area contributed by atoms with Crippen LogP contribution in [0, 0.1) is 15.9 Å². The Morgan fingerprint density at radius 1 is 1.06 bits per heavy atom. The Morgan fingerprint density at radius 2 is 1.81 bits per heavy atom. The van der Waals surface area contributed by atoms with Crippen molar-refractivity contribution in [2.75, 3.05) is 0 Å². The highest BCUT2D eigenvalue weighted by Gasteiger charge is 2.24. The van der Waals surface area contributed by atoms with E-state index in [1.165, 1.54) is 30.3 Å². The minimum Gasteiger partial charge on any atom is -0.489 e. The van der Waals surface area contributed by atoms with E-state index in [1.54, 1.807) is 48.5 Å². The number of cyclic esters (lactones) is 1. The van der Waals surface area contributed by atoms with Crippen LogP contribution in [-0.4, -0.2) is 16.8 Å². The molecule has 0 atom stereocenters. The van der Waals surface area contributed by atoms with Crippen molar-refractivity contribution < 1.29 is 23.6 Å². The number of ether oxygens (including phenoxy) is 2. The molecule has 3 aromatic rings. The summed E-state index contributed by atoms with van der Waals surface area (Å²) in [6.07, 6.45) is 1.56. The van der Waals surface area contributed by atoms with Crippen LogP contribution < -0.4 is 4.74 Å². The van der Waals surface area contributed by atoms with Crippen molar-refractivity contribution in [3.8, 4) is 5.75 Å². The number of non-ortho nitro benzene ring substituents is 1. The second kappa shape index (κ2) is 8.58. The van der Waals surface area contributed by atoms with Crippen LogP contribution in [0.25, 0.3) is 6.08 Å². The smallest absolute Gasteiger partial charge is 0.363 e. The fourth-order valence-electron chi connectivity index (χ4n) is 2.85. The van der Waals surface area contributed by atoms with Crippen LogP contribution in [-0.2, 0) is 16.1 Å². The van der Waals surface area contributed by atoms with E-state index < -0.39 is 16.7 Å². The molecule has 0 bridgehead atoms. The third-order valence-corrected chi connectivity index (χ3v) is 4.43. The van der Waals surface area contributed by atoms with Gasteiger partial charge >= 0.3 is 5.97 Å². The lowest BCUT2D eigenvalue weighted by molar-refractivity contribution is -0.384. The van der Waals surface area contributed by atoms with E-state index in [0.717, 1.165) is 5.56 Å². The molecular formula is C23H15FN2O5. The average molecular weight is 418 g/mol. The third-order valence-electron chi connectivity index (χ3n) is 4.43. The SMILES string of the molecule is O=C1OC(c2cccc(F)c2)=N/C1=C\c1ccc(OCc2ccc([N+](=O)[O-])cc2)cc1. The second-order valence-electron chi connectivity index (χ2n) is 6.63. The van der Waals surface area contributed by atoms with Crippen LogP contribution >= 0.6 is 0 Å². The number of nitro groups is 1. The quantitative estimate of drug-likeness (QED) is 0.251. The van der Waals surface area contributed by atoms with Gasteiger partial charge in [0.05, 0.1) is 4.92 Å². The molecule has 0 N–H and O–H groups in total. The second-order valence-corrected chi connectivity index (χ2v) is 6.63. The Kier molecular flexibility index (Phi) is 5.53. The van der Waals surface area contributed by atoms with Gasteiger partial charge in [-0.2, -0.15) is 0 Å². The Hall–Kier alpha value is -4.33. The van der Waals surface area contributed by atoms with Gasteiger partial charge in [-0.15, -0.1) is 0 Å². The number of carbonyl (C=O) groups is 1. The molecule has 0 fully saturated rings. The molecule has 1 aliphatic heterocycles. The lowest BCUT2D eigenvalue weighted by Gasteiger charge is -2.06. The first-order valence-corrected chi connectivity index (χ1v) is 9.23. The molecule has 4 rings (SSSR count). The van der Waals surface area contributed by atoms with Crippen LogP contribution in [0.15, 0.2) is 83.5 Å². The number of hydrogen-bond acceptors (Lipinski definition) is 6. The molecule has 0 saturated heterocycles. The summed E-state index contributed by atoms with van der Waals surface area (Å²) in [4.78, 5) is 26.5. The number of hydrogen-bond donors (Lipinski definition) is 0. The number of carbonyl (C=O) groups excluding carboxylic acids is 1. The highest BCUT2D eigenvalue weighted by Crippen LogP contribution is 2.21. The molecule has 31 heavy (non-hydrogen) atoms. The van der Waals surface area contributed by atoms with Crippen molar-refractivity contribution in [1.29, 1.82) is 0 Å². The molecule has 1 heterocycles. The van der Waals surface area contributed by atoms with Crippen LogP contribution in [0.4, 0.5) is 10.1 Å². The van der Waals surface area contributed by atoms with Crippen molar-refractivity contribution in [2.24, 2.45) is 4.99 Å². The summed E-state index contributed by atoms with van der Waals surface area (Å²) >= 11 is 0. The molecular weight excluding hydrogens is 403 g/mol. The molecule has 3 aromatic carbocycles. The Labute approximate surface area is 176 Å². The van der Waals surface area contributed by atoms with Crippen molar-refractivity contribution in [1.82, 2.24) is 0 Å². The van der Waals surface area contributed by atoms with Gasteiger partial charge in [-0.05, 0) is 59.7 Å². The summed E-state index contributed by atoms with van der Waals surface area (Å²) in [5, 5.41) is 10.7. The predicted molar refractivity (Wildman–Crippen MR) is 111 cm³/mol. The van der Waals surface area contributed by atoms with Gasteiger partial charge in [0.1, 0.15) is 18.2 Å². The maximum atomic E-state index is 13.4. The molecule has 0 unspecified atom stereocenters. The summed E-state index contributed by atoms with van der Waals surface area (Å²) in [5.74, 6) is -0.409. The summed E-state index contributed by atoms with van der Waals surface area (Å²) in [6.45, 7) is 0.256. The summed E-state index contributed by atoms with van der Waals surface area (Å²) in [5.41, 5.74) is 2.02. The van der Waals surface area contributed by atoms with E-state index in [0.29, 0.717) is 16.9 Å². The van der Waals surface area contributed by atoms with E-state index in [9.17, 15) is 19.3 Å². The molecule has 0 aliphatic carbocycles. The zero-order valence-corrected chi connectivity index (χ0v) is 16.0. The number of nitro benzene ring substituents is 1. The number of rotatable bonds is 6. The third kappa shape index (κ3) is 4.81. The minimum atomic E-state index is -0.613. The number of aliphatic imine (C=N–C) groups is 1. The predicted octanol–water partition coefficient (Wildman–Crippen LogP) is 4.66. The summed E-state index contributed by atoms with van der Waals surface area (Å²) in [7, 11) is 0. The zero-order chi connectivity index (χ0) is 21.8. The number of halogens is 1. The van der Waals surface area contributed by atoms with Gasteiger partial charge in [0.2, 0.25) is 5.90 Å². The average Bonchev–Trinajstić information content (AvgIpc) is 3.14. The van der Waals surface area contributed by atoms with Crippen molar-refractivity contribution in [3.05, 3.63) is 111 Å². The Morgan fingerprint density at radius 3 is 2.48 bits per heavy atom. The van der Waals surface area contributed by atoms with Gasteiger partial charge in [0.25, 0.3) is 5.69 Å². The first-order chi connectivity index (χ1) is 15.0. The molecule has 8 heteroatoms. The summed E-state index contributed by atoms with van der Waals surface area (Å²) < 4.78 is 24.2. The maximum absolute atomic E-state index is 13.4. The lowest BCUT2D eigenvalue weighted by atomic mass is 10.2. The fourth-order valence-corrected chi connectivity index (χ4v) is 2.85. The van der Waals surface area contributed by atoms with Crippen LogP contribution in [0.2, 0.25) is 0 Å². The highest BCUT2D eigenvalue weighted by atomic mass is 19.1. The molecule has 0 spiro atoms. The Bertz CT molecular complexity index is 1200. The largest absolute Gasteiger partial charge is 0.489 e. The van der Waals surface area contributed by atoms with Gasteiger partial charge in [-0.1, -0.05) is 18.2 Å². The first-order valence-electron chi connectivity index (χ1n) is 9.23. The van der Waals surface area contributed by atoms with Gasteiger partial charge < -0.3 is 9.47 Å². The van der Waals surface area contributed by atoms with Gasteiger partial charge in [-0.25, -0.2) is 14.2 Å². The molecule has 0 radical (unpaired) electrons. The van der Waals surface area contributed by atoms with E-state index in [-0.39, 0.29) is 23.9 Å². The topological polar surface area (TPSA) is 91.0 Å². The Balaban J connectivity index is 1.42. The van der Waals surface area contributed by atoms with E-state index >= 15 is 0 Å².